The first-order chi connectivity index (χ1) is 12.8. The fraction of sp³-hybridized carbons (Fsp3) is 0.600. The van der Waals surface area contributed by atoms with Crippen molar-refractivity contribution in [3.05, 3.63) is 35.4 Å². The van der Waals surface area contributed by atoms with E-state index in [4.69, 9.17) is 10.00 Å². The fourth-order valence-corrected chi connectivity index (χ4v) is 3.68. The highest BCUT2D eigenvalue weighted by Crippen LogP contribution is 2.17. The molecule has 2 N–H and O–H groups in total. The van der Waals surface area contributed by atoms with Crippen LogP contribution in [0.25, 0.3) is 0 Å². The Kier molecular flexibility index (Phi) is 9.31. The molecule has 2 aliphatic heterocycles. The van der Waals surface area contributed by atoms with Crippen LogP contribution in [0.5, 0.6) is 0 Å². The number of hydrogen-bond acceptors (Lipinski definition) is 4. The minimum absolute atomic E-state index is 0. The van der Waals surface area contributed by atoms with Crippen molar-refractivity contribution in [2.45, 2.75) is 31.8 Å². The summed E-state index contributed by atoms with van der Waals surface area (Å²) in [6.45, 7) is 5.97. The average Bonchev–Trinajstić information content (AvgIpc) is 3.19. The van der Waals surface area contributed by atoms with Gasteiger partial charge in [-0.3, -0.25) is 4.99 Å². The molecule has 2 saturated heterocycles. The van der Waals surface area contributed by atoms with Gasteiger partial charge in [0.05, 0.1) is 18.2 Å². The Morgan fingerprint density at radius 2 is 2.15 bits per heavy atom. The lowest BCUT2D eigenvalue weighted by molar-refractivity contribution is 0.150. The number of nitrogens with zero attached hydrogens (tertiary/aromatic N) is 3. The molecular formula is C20H30IN5O. The Balaban J connectivity index is 0.00000261. The summed E-state index contributed by atoms with van der Waals surface area (Å²) in [7, 11) is 1.80. The average molecular weight is 483 g/mol. The number of aliphatic imine (C=N–C) groups is 1. The number of likely N-dealkylation sites (tertiary alicyclic amines) is 1. The maximum atomic E-state index is 9.00. The second-order valence-electron chi connectivity index (χ2n) is 7.19. The van der Waals surface area contributed by atoms with Gasteiger partial charge < -0.3 is 20.3 Å². The van der Waals surface area contributed by atoms with Gasteiger partial charge in [-0.1, -0.05) is 12.1 Å². The van der Waals surface area contributed by atoms with Gasteiger partial charge in [-0.2, -0.15) is 5.26 Å². The number of halogens is 1. The first-order valence-electron chi connectivity index (χ1n) is 9.53. The Bertz CT molecular complexity index is 646. The lowest BCUT2D eigenvalue weighted by Gasteiger charge is -2.34. The van der Waals surface area contributed by atoms with Crippen LogP contribution in [0.1, 0.15) is 30.4 Å². The second kappa shape index (κ2) is 11.5. The van der Waals surface area contributed by atoms with E-state index in [2.05, 4.69) is 26.6 Å². The van der Waals surface area contributed by atoms with Crippen molar-refractivity contribution in [2.24, 2.45) is 10.9 Å². The van der Waals surface area contributed by atoms with Crippen molar-refractivity contribution in [3.63, 3.8) is 0 Å². The van der Waals surface area contributed by atoms with Gasteiger partial charge in [0, 0.05) is 45.9 Å². The number of nitrogens with one attached hydrogen (secondary N) is 2. The molecule has 1 aromatic rings. The quantitative estimate of drug-likeness (QED) is 0.382. The lowest BCUT2D eigenvalue weighted by Crippen LogP contribution is -2.49. The van der Waals surface area contributed by atoms with Crippen molar-refractivity contribution in [3.8, 4) is 6.07 Å². The third-order valence-electron chi connectivity index (χ3n) is 5.21. The van der Waals surface area contributed by atoms with Gasteiger partial charge in [-0.25, -0.2) is 0 Å². The molecule has 27 heavy (non-hydrogen) atoms. The van der Waals surface area contributed by atoms with Crippen molar-refractivity contribution in [1.82, 2.24) is 15.5 Å². The van der Waals surface area contributed by atoms with E-state index < -0.39 is 0 Å². The monoisotopic (exact) mass is 483 g/mol. The summed E-state index contributed by atoms with van der Waals surface area (Å²) in [6, 6.07) is 10.3. The molecule has 148 valence electrons. The van der Waals surface area contributed by atoms with Crippen LogP contribution in [0.3, 0.4) is 0 Å². The van der Waals surface area contributed by atoms with Gasteiger partial charge in [0.1, 0.15) is 0 Å². The smallest absolute Gasteiger partial charge is 0.191 e. The van der Waals surface area contributed by atoms with Crippen molar-refractivity contribution in [1.29, 1.82) is 5.26 Å². The summed E-state index contributed by atoms with van der Waals surface area (Å²) in [5, 5.41) is 15.9. The molecule has 0 aliphatic carbocycles. The zero-order valence-electron chi connectivity index (χ0n) is 16.0. The normalized spacial score (nSPS) is 21.3. The lowest BCUT2D eigenvalue weighted by atomic mass is 10.0. The van der Waals surface area contributed by atoms with Crippen LogP contribution in [0.2, 0.25) is 0 Å². The zero-order valence-corrected chi connectivity index (χ0v) is 18.3. The molecule has 3 rings (SSSR count). The summed E-state index contributed by atoms with van der Waals surface area (Å²) in [6.07, 6.45) is 3.48. The summed E-state index contributed by atoms with van der Waals surface area (Å²) in [4.78, 5) is 6.91. The molecule has 1 atom stereocenters. The maximum absolute atomic E-state index is 9.00. The van der Waals surface area contributed by atoms with Crippen molar-refractivity contribution >= 4 is 29.9 Å². The van der Waals surface area contributed by atoms with Crippen LogP contribution in [-0.2, 0) is 11.3 Å². The molecule has 0 bridgehead atoms. The largest absolute Gasteiger partial charge is 0.381 e. The van der Waals surface area contributed by atoms with E-state index in [1.54, 1.807) is 7.05 Å². The predicted octanol–water partition coefficient (Wildman–Crippen LogP) is 2.34. The molecule has 0 spiro atoms. The standard InChI is InChI=1S/C20H29N5O.HI/c1-22-20(23-13-17-4-2-3-16(11-17)12-21)24-19-5-8-25(9-6-19)14-18-7-10-26-15-18;/h2-4,11,18-19H,5-10,13-15H2,1H3,(H2,22,23,24);1H. The van der Waals surface area contributed by atoms with Crippen LogP contribution in [0.4, 0.5) is 0 Å². The number of guanidine groups is 1. The number of rotatable bonds is 5. The fourth-order valence-electron chi connectivity index (χ4n) is 3.68. The van der Waals surface area contributed by atoms with Crippen LogP contribution < -0.4 is 10.6 Å². The number of ether oxygens (including phenoxy) is 1. The third kappa shape index (κ3) is 6.94. The van der Waals surface area contributed by atoms with E-state index in [0.29, 0.717) is 18.2 Å². The highest BCUT2D eigenvalue weighted by Gasteiger charge is 2.24. The summed E-state index contributed by atoms with van der Waals surface area (Å²) < 4.78 is 5.48. The van der Waals surface area contributed by atoms with Crippen LogP contribution in [-0.4, -0.2) is 56.8 Å². The number of benzene rings is 1. The van der Waals surface area contributed by atoms with Crippen molar-refractivity contribution in [2.75, 3.05) is 39.9 Å². The van der Waals surface area contributed by atoms with E-state index in [1.165, 1.54) is 13.0 Å². The van der Waals surface area contributed by atoms with Gasteiger partial charge in [-0.05, 0) is 42.9 Å². The first kappa shape index (κ1) is 21.9. The van der Waals surface area contributed by atoms with Gasteiger partial charge in [0.2, 0.25) is 0 Å². The molecule has 6 nitrogen and oxygen atoms in total. The molecule has 2 aliphatic rings. The topological polar surface area (TPSA) is 72.7 Å². The first-order valence-corrected chi connectivity index (χ1v) is 9.53. The summed E-state index contributed by atoms with van der Waals surface area (Å²) in [5.41, 5.74) is 1.77. The molecule has 0 aromatic heterocycles. The van der Waals surface area contributed by atoms with Crippen LogP contribution in [0, 0.1) is 17.2 Å². The number of piperidine rings is 1. The van der Waals surface area contributed by atoms with E-state index >= 15 is 0 Å². The zero-order chi connectivity index (χ0) is 18.2. The molecule has 1 unspecified atom stereocenters. The molecule has 2 fully saturated rings. The molecule has 1 aromatic carbocycles. The highest BCUT2D eigenvalue weighted by atomic mass is 127. The molecular weight excluding hydrogens is 453 g/mol. The number of nitriles is 1. The van der Waals surface area contributed by atoms with Gasteiger partial charge >= 0.3 is 0 Å². The predicted molar refractivity (Wildman–Crippen MR) is 118 cm³/mol. The summed E-state index contributed by atoms with van der Waals surface area (Å²) in [5.74, 6) is 1.55. The SMILES string of the molecule is CN=C(NCc1cccc(C#N)c1)NC1CCN(CC2CCOC2)CC1.I. The maximum Gasteiger partial charge on any atom is 0.191 e. The molecule has 0 saturated carbocycles. The Labute approximate surface area is 179 Å². The molecule has 2 heterocycles. The van der Waals surface area contributed by atoms with Gasteiger partial charge in [0.25, 0.3) is 0 Å². The van der Waals surface area contributed by atoms with E-state index in [1.807, 2.05) is 24.3 Å². The van der Waals surface area contributed by atoms with E-state index in [0.717, 1.165) is 56.6 Å². The Morgan fingerprint density at radius 1 is 1.33 bits per heavy atom. The molecule has 0 amide bonds. The van der Waals surface area contributed by atoms with Gasteiger partial charge in [0.15, 0.2) is 5.96 Å². The second-order valence-corrected chi connectivity index (χ2v) is 7.19. The van der Waals surface area contributed by atoms with Gasteiger partial charge in [-0.15, -0.1) is 24.0 Å². The van der Waals surface area contributed by atoms with Crippen molar-refractivity contribution < 1.29 is 4.74 Å². The molecule has 0 radical (unpaired) electrons. The minimum atomic E-state index is 0. The van der Waals surface area contributed by atoms with Crippen LogP contribution in [0.15, 0.2) is 29.3 Å². The third-order valence-corrected chi connectivity index (χ3v) is 5.21. The summed E-state index contributed by atoms with van der Waals surface area (Å²) >= 11 is 0. The molecule has 7 heteroatoms. The Hall–Kier alpha value is -1.37. The Morgan fingerprint density at radius 3 is 2.81 bits per heavy atom. The van der Waals surface area contributed by atoms with Crippen LogP contribution >= 0.6 is 24.0 Å². The van der Waals surface area contributed by atoms with E-state index in [9.17, 15) is 0 Å². The van der Waals surface area contributed by atoms with E-state index in [-0.39, 0.29) is 24.0 Å². The highest BCUT2D eigenvalue weighted by molar-refractivity contribution is 14.0. The number of hydrogen-bond donors (Lipinski definition) is 2. The minimum Gasteiger partial charge on any atom is -0.381 e.